The lowest BCUT2D eigenvalue weighted by Gasteiger charge is -2.41. The number of carbonyl (C=O) groups excluding carboxylic acids is 1. The number of anilines is 1. The topological polar surface area (TPSA) is 80.9 Å². The van der Waals surface area contributed by atoms with Gasteiger partial charge in [-0.1, -0.05) is 0 Å². The molecule has 0 spiro atoms. The number of nitrogens with one attached hydrogen (secondary N) is 3. The van der Waals surface area contributed by atoms with Crippen LogP contribution < -0.4 is 5.32 Å². The smallest absolute Gasteiger partial charge is 0.352 e. The quantitative estimate of drug-likeness (QED) is 0.658. The monoisotopic (exact) mass is 313 g/mol. The zero-order chi connectivity index (χ0) is 15.3. The number of alkyl halides is 2. The number of carbonyl (C=O) groups is 1. The van der Waals surface area contributed by atoms with E-state index >= 15 is 0 Å². The Morgan fingerprint density at radius 3 is 2.62 bits per heavy atom. The molecule has 112 valence electrons. The van der Waals surface area contributed by atoms with Gasteiger partial charge in [0.1, 0.15) is 5.60 Å². The van der Waals surface area contributed by atoms with Gasteiger partial charge in [0.05, 0.1) is 11.0 Å². The lowest BCUT2D eigenvalue weighted by molar-refractivity contribution is -0.212. The van der Waals surface area contributed by atoms with Crippen LogP contribution >= 0.6 is 12.2 Å². The number of amides is 1. The highest BCUT2D eigenvalue weighted by Gasteiger charge is 2.61. The zero-order valence-corrected chi connectivity index (χ0v) is 11.7. The van der Waals surface area contributed by atoms with Crippen molar-refractivity contribution < 1.29 is 18.7 Å². The van der Waals surface area contributed by atoms with Gasteiger partial charge >= 0.3 is 5.92 Å². The van der Waals surface area contributed by atoms with Gasteiger partial charge in [-0.15, -0.1) is 0 Å². The standard InChI is InChI=1S/C13H13F2N3O2S/c14-13(15,12(20)4-1-5-12)10(19)16-7-2-3-8-9(6-7)18-11(21)17-8/h2-3,6,20H,1,4-5H2,(H,16,19)(H2,17,18,21). The largest absolute Gasteiger partial charge is 0.383 e. The zero-order valence-electron chi connectivity index (χ0n) is 10.9. The first-order valence-corrected chi connectivity index (χ1v) is 6.86. The first kappa shape index (κ1) is 14.2. The number of hydrogen-bond donors (Lipinski definition) is 4. The number of aliphatic hydroxyl groups is 1. The van der Waals surface area contributed by atoms with Crippen LogP contribution in [0.1, 0.15) is 19.3 Å². The second-order valence-corrected chi connectivity index (χ2v) is 5.66. The summed E-state index contributed by atoms with van der Waals surface area (Å²) in [6, 6.07) is 4.61. The number of H-pyrrole nitrogens is 2. The molecule has 0 bridgehead atoms. The van der Waals surface area contributed by atoms with Crippen LogP contribution in [0.4, 0.5) is 14.5 Å². The highest BCUT2D eigenvalue weighted by molar-refractivity contribution is 7.71. The molecule has 0 saturated heterocycles. The van der Waals surface area contributed by atoms with Crippen LogP contribution in [0.25, 0.3) is 11.0 Å². The molecule has 0 radical (unpaired) electrons. The maximum atomic E-state index is 14.0. The van der Waals surface area contributed by atoms with Gasteiger partial charge in [-0.3, -0.25) is 4.79 Å². The van der Waals surface area contributed by atoms with E-state index in [0.717, 1.165) is 0 Å². The van der Waals surface area contributed by atoms with Gasteiger partial charge in [-0.2, -0.15) is 8.78 Å². The average Bonchev–Trinajstić information content (AvgIpc) is 2.75. The molecule has 1 aliphatic carbocycles. The number of aromatic amines is 2. The molecule has 1 aromatic carbocycles. The van der Waals surface area contributed by atoms with Crippen LogP contribution in [0.2, 0.25) is 0 Å². The Bertz CT molecular complexity index is 764. The molecule has 1 aromatic heterocycles. The molecule has 5 nitrogen and oxygen atoms in total. The maximum Gasteiger partial charge on any atom is 0.352 e. The second-order valence-electron chi connectivity index (χ2n) is 5.25. The fraction of sp³-hybridized carbons (Fsp3) is 0.385. The van der Waals surface area contributed by atoms with Crippen molar-refractivity contribution in [2.75, 3.05) is 5.32 Å². The van der Waals surface area contributed by atoms with Crippen LogP contribution in [-0.2, 0) is 4.79 Å². The van der Waals surface area contributed by atoms with E-state index in [0.29, 0.717) is 22.2 Å². The maximum absolute atomic E-state index is 14.0. The Kier molecular flexibility index (Phi) is 3.10. The van der Waals surface area contributed by atoms with Crippen LogP contribution in [0.5, 0.6) is 0 Å². The van der Waals surface area contributed by atoms with E-state index in [9.17, 15) is 18.7 Å². The molecule has 0 atom stereocenters. The SMILES string of the molecule is O=C(Nc1ccc2[nH]c(=S)[nH]c2c1)C(F)(F)C1(O)CCC1. The number of halogens is 2. The first-order valence-electron chi connectivity index (χ1n) is 6.45. The molecule has 0 aliphatic heterocycles. The summed E-state index contributed by atoms with van der Waals surface area (Å²) >= 11 is 4.92. The normalized spacial score (nSPS) is 17.5. The second kappa shape index (κ2) is 4.60. The molecule has 2 aromatic rings. The number of imidazole rings is 1. The van der Waals surface area contributed by atoms with Crippen molar-refractivity contribution in [3.8, 4) is 0 Å². The van der Waals surface area contributed by atoms with Crippen LogP contribution in [0.3, 0.4) is 0 Å². The van der Waals surface area contributed by atoms with E-state index in [2.05, 4.69) is 15.3 Å². The van der Waals surface area contributed by atoms with E-state index in [4.69, 9.17) is 12.2 Å². The minimum absolute atomic E-state index is 0.0721. The third-order valence-electron chi connectivity index (χ3n) is 3.82. The van der Waals surface area contributed by atoms with Gasteiger partial charge in [0.15, 0.2) is 4.77 Å². The molecule has 1 fully saturated rings. The minimum atomic E-state index is -3.81. The summed E-state index contributed by atoms with van der Waals surface area (Å²) in [7, 11) is 0. The lowest BCUT2D eigenvalue weighted by Crippen LogP contribution is -2.59. The molecule has 1 heterocycles. The van der Waals surface area contributed by atoms with Crippen LogP contribution in [0.15, 0.2) is 18.2 Å². The predicted octanol–water partition coefficient (Wildman–Crippen LogP) is 2.71. The van der Waals surface area contributed by atoms with Crippen molar-refractivity contribution in [1.82, 2.24) is 9.97 Å². The highest BCUT2D eigenvalue weighted by Crippen LogP contribution is 2.44. The molecule has 8 heteroatoms. The molecular formula is C13H13F2N3O2S. The molecule has 21 heavy (non-hydrogen) atoms. The van der Waals surface area contributed by atoms with Gasteiger partial charge in [-0.05, 0) is 49.7 Å². The Labute approximate surface area is 123 Å². The van der Waals surface area contributed by atoms with Crippen molar-refractivity contribution >= 4 is 34.8 Å². The number of benzene rings is 1. The fourth-order valence-electron chi connectivity index (χ4n) is 2.36. The first-order chi connectivity index (χ1) is 9.82. The number of hydrogen-bond acceptors (Lipinski definition) is 3. The van der Waals surface area contributed by atoms with E-state index in [-0.39, 0.29) is 18.5 Å². The Morgan fingerprint density at radius 1 is 1.33 bits per heavy atom. The molecular weight excluding hydrogens is 300 g/mol. The summed E-state index contributed by atoms with van der Waals surface area (Å²) in [5, 5.41) is 11.9. The average molecular weight is 313 g/mol. The molecule has 3 rings (SSSR count). The number of fused-ring (bicyclic) bond motifs is 1. The lowest BCUT2D eigenvalue weighted by atomic mass is 9.75. The van der Waals surface area contributed by atoms with Crippen molar-refractivity contribution in [1.29, 1.82) is 0 Å². The predicted molar refractivity (Wildman–Crippen MR) is 75.9 cm³/mol. The molecule has 1 saturated carbocycles. The van der Waals surface area contributed by atoms with E-state index in [1.807, 2.05) is 0 Å². The Morgan fingerprint density at radius 2 is 2.00 bits per heavy atom. The van der Waals surface area contributed by atoms with Crippen molar-refractivity contribution in [3.63, 3.8) is 0 Å². The number of aromatic nitrogens is 2. The molecule has 4 N–H and O–H groups in total. The summed E-state index contributed by atoms with van der Waals surface area (Å²) in [6.07, 6.45) is 0.347. The summed E-state index contributed by atoms with van der Waals surface area (Å²) in [5.74, 6) is -5.32. The van der Waals surface area contributed by atoms with E-state index in [1.54, 1.807) is 6.07 Å². The van der Waals surface area contributed by atoms with E-state index in [1.165, 1.54) is 12.1 Å². The molecule has 1 amide bonds. The summed E-state index contributed by atoms with van der Waals surface area (Å²) in [5.41, 5.74) is -0.707. The minimum Gasteiger partial charge on any atom is -0.383 e. The summed E-state index contributed by atoms with van der Waals surface area (Å²) in [4.78, 5) is 17.5. The van der Waals surface area contributed by atoms with Crippen molar-refractivity contribution in [2.24, 2.45) is 0 Å². The van der Waals surface area contributed by atoms with Gasteiger partial charge < -0.3 is 20.4 Å². The van der Waals surface area contributed by atoms with Gasteiger partial charge in [-0.25, -0.2) is 0 Å². The van der Waals surface area contributed by atoms with Gasteiger partial charge in [0.2, 0.25) is 0 Å². The van der Waals surface area contributed by atoms with Crippen LogP contribution in [-0.4, -0.2) is 32.5 Å². The Balaban J connectivity index is 1.84. The molecule has 1 aliphatic rings. The fourth-order valence-corrected chi connectivity index (χ4v) is 2.58. The third-order valence-corrected chi connectivity index (χ3v) is 4.03. The van der Waals surface area contributed by atoms with Crippen molar-refractivity contribution in [2.45, 2.75) is 30.8 Å². The van der Waals surface area contributed by atoms with Gasteiger partial charge in [0.25, 0.3) is 5.91 Å². The Hall–Kier alpha value is -1.80. The van der Waals surface area contributed by atoms with Gasteiger partial charge in [0, 0.05) is 5.69 Å². The number of rotatable bonds is 3. The van der Waals surface area contributed by atoms with E-state index < -0.39 is 17.4 Å². The van der Waals surface area contributed by atoms with Crippen molar-refractivity contribution in [3.05, 3.63) is 23.0 Å². The third kappa shape index (κ3) is 2.24. The van der Waals surface area contributed by atoms with Crippen LogP contribution in [0, 0.1) is 4.77 Å². The summed E-state index contributed by atoms with van der Waals surface area (Å²) < 4.78 is 28.3. The summed E-state index contributed by atoms with van der Waals surface area (Å²) in [6.45, 7) is 0. The highest BCUT2D eigenvalue weighted by atomic mass is 32.1. The molecule has 0 unspecified atom stereocenters.